The molecule has 0 aromatic rings. The summed E-state index contributed by atoms with van der Waals surface area (Å²) < 4.78 is 0. The zero-order chi connectivity index (χ0) is 14.8. The highest BCUT2D eigenvalue weighted by Crippen LogP contribution is 2.06. The highest BCUT2D eigenvalue weighted by molar-refractivity contribution is 4.79. The zero-order valence-corrected chi connectivity index (χ0v) is 13.1. The van der Waals surface area contributed by atoms with Gasteiger partial charge in [-0.2, -0.15) is 5.26 Å². The molecular formula is C15H31N3O. The Morgan fingerprint density at radius 2 is 1.47 bits per heavy atom. The van der Waals surface area contributed by atoms with E-state index in [2.05, 4.69) is 45.3 Å². The van der Waals surface area contributed by atoms with Crippen molar-refractivity contribution in [2.45, 2.75) is 90.6 Å². The van der Waals surface area contributed by atoms with E-state index in [1.54, 1.807) is 0 Å². The lowest BCUT2D eigenvalue weighted by atomic mass is 10.0. The minimum absolute atomic E-state index is 0.218. The van der Waals surface area contributed by atoms with Gasteiger partial charge in [0.1, 0.15) is 0 Å². The number of rotatable bonds is 10. The number of nitrogens with zero attached hydrogens (tertiary/aromatic N) is 1. The van der Waals surface area contributed by atoms with Crippen LogP contribution in [0.15, 0.2) is 0 Å². The number of nitrogens with one attached hydrogen (secondary N) is 2. The Morgan fingerprint density at radius 3 is 1.95 bits per heavy atom. The van der Waals surface area contributed by atoms with Crippen molar-refractivity contribution >= 4 is 0 Å². The molecular weight excluding hydrogens is 238 g/mol. The van der Waals surface area contributed by atoms with Gasteiger partial charge in [-0.05, 0) is 40.0 Å². The van der Waals surface area contributed by atoms with Gasteiger partial charge in [-0.3, -0.25) is 0 Å². The molecule has 0 aliphatic heterocycles. The van der Waals surface area contributed by atoms with Crippen LogP contribution in [0.25, 0.3) is 0 Å². The van der Waals surface area contributed by atoms with Gasteiger partial charge in [0.15, 0.2) is 0 Å². The van der Waals surface area contributed by atoms with Gasteiger partial charge in [0.2, 0.25) is 0 Å². The molecule has 0 radical (unpaired) electrons. The Kier molecular flexibility index (Phi) is 9.85. The first-order valence-corrected chi connectivity index (χ1v) is 7.42. The lowest BCUT2D eigenvalue weighted by Gasteiger charge is -2.23. The lowest BCUT2D eigenvalue weighted by molar-refractivity contribution is 0.154. The van der Waals surface area contributed by atoms with Crippen molar-refractivity contribution < 1.29 is 5.11 Å². The Morgan fingerprint density at radius 1 is 0.947 bits per heavy atom. The van der Waals surface area contributed by atoms with Crippen LogP contribution in [0, 0.1) is 11.3 Å². The van der Waals surface area contributed by atoms with E-state index in [-0.39, 0.29) is 12.5 Å². The minimum Gasteiger partial charge on any atom is -0.392 e. The summed E-state index contributed by atoms with van der Waals surface area (Å²) >= 11 is 0. The van der Waals surface area contributed by atoms with Crippen molar-refractivity contribution in [1.29, 1.82) is 5.26 Å². The second kappa shape index (κ2) is 10.2. The third-order valence-electron chi connectivity index (χ3n) is 3.17. The quantitative estimate of drug-likeness (QED) is 0.568. The standard InChI is InChI=1S/C15H31N3O/c1-11(2)17-12(3)6-7-13(4)18-14(5)10-15(19)8-9-16/h11-15,17-19H,6-8,10H2,1-5H3. The predicted octanol–water partition coefficient (Wildman–Crippen LogP) is 2.18. The maximum absolute atomic E-state index is 9.58. The fourth-order valence-corrected chi connectivity index (χ4v) is 2.39. The average Bonchev–Trinajstić information content (AvgIpc) is 2.25. The van der Waals surface area contributed by atoms with Crippen molar-refractivity contribution in [3.8, 4) is 6.07 Å². The number of aliphatic hydroxyl groups excluding tert-OH is 1. The summed E-state index contributed by atoms with van der Waals surface area (Å²) in [7, 11) is 0. The van der Waals surface area contributed by atoms with Crippen LogP contribution in [0.2, 0.25) is 0 Å². The van der Waals surface area contributed by atoms with Gasteiger partial charge in [0, 0.05) is 24.2 Å². The summed E-state index contributed by atoms with van der Waals surface area (Å²) in [6.45, 7) is 10.8. The minimum atomic E-state index is -0.513. The zero-order valence-electron chi connectivity index (χ0n) is 13.1. The maximum Gasteiger partial charge on any atom is 0.0684 e. The molecule has 0 heterocycles. The molecule has 0 bridgehead atoms. The van der Waals surface area contributed by atoms with Crippen LogP contribution in [-0.2, 0) is 0 Å². The van der Waals surface area contributed by atoms with E-state index in [1.807, 2.05) is 6.07 Å². The molecule has 0 aromatic heterocycles. The number of nitriles is 1. The van der Waals surface area contributed by atoms with Crippen LogP contribution in [0.5, 0.6) is 0 Å². The second-order valence-electron chi connectivity index (χ2n) is 6.02. The molecule has 0 fully saturated rings. The molecule has 0 spiro atoms. The molecule has 0 rings (SSSR count). The summed E-state index contributed by atoms with van der Waals surface area (Å²) in [5, 5.41) is 25.1. The molecule has 0 aliphatic rings. The highest BCUT2D eigenvalue weighted by atomic mass is 16.3. The van der Waals surface area contributed by atoms with Crippen molar-refractivity contribution in [3.05, 3.63) is 0 Å². The summed E-state index contributed by atoms with van der Waals surface area (Å²) in [4.78, 5) is 0. The Labute approximate surface area is 118 Å². The van der Waals surface area contributed by atoms with Gasteiger partial charge in [-0.15, -0.1) is 0 Å². The summed E-state index contributed by atoms with van der Waals surface area (Å²) in [6.07, 6.45) is 2.59. The summed E-state index contributed by atoms with van der Waals surface area (Å²) in [6, 6.07) is 3.73. The van der Waals surface area contributed by atoms with Crippen LogP contribution >= 0.6 is 0 Å². The fraction of sp³-hybridized carbons (Fsp3) is 0.933. The van der Waals surface area contributed by atoms with E-state index in [0.717, 1.165) is 12.8 Å². The fourth-order valence-electron chi connectivity index (χ4n) is 2.39. The first-order valence-electron chi connectivity index (χ1n) is 7.42. The first-order chi connectivity index (χ1) is 8.85. The number of aliphatic hydroxyl groups is 1. The van der Waals surface area contributed by atoms with Gasteiger partial charge < -0.3 is 15.7 Å². The molecule has 4 heteroatoms. The highest BCUT2D eigenvalue weighted by Gasteiger charge is 2.13. The molecule has 0 amide bonds. The maximum atomic E-state index is 9.58. The number of hydrogen-bond acceptors (Lipinski definition) is 4. The van der Waals surface area contributed by atoms with E-state index in [0.29, 0.717) is 24.5 Å². The second-order valence-corrected chi connectivity index (χ2v) is 6.02. The van der Waals surface area contributed by atoms with Gasteiger partial charge in [0.05, 0.1) is 18.6 Å². The predicted molar refractivity (Wildman–Crippen MR) is 79.9 cm³/mol. The van der Waals surface area contributed by atoms with Gasteiger partial charge in [-0.1, -0.05) is 13.8 Å². The van der Waals surface area contributed by atoms with Gasteiger partial charge in [0.25, 0.3) is 0 Å². The monoisotopic (exact) mass is 269 g/mol. The molecule has 4 nitrogen and oxygen atoms in total. The molecule has 0 aromatic carbocycles. The van der Waals surface area contributed by atoms with Crippen molar-refractivity contribution in [1.82, 2.24) is 10.6 Å². The Hall–Kier alpha value is -0.630. The first kappa shape index (κ1) is 18.4. The third-order valence-corrected chi connectivity index (χ3v) is 3.17. The molecule has 0 saturated heterocycles. The van der Waals surface area contributed by atoms with Gasteiger partial charge >= 0.3 is 0 Å². The third kappa shape index (κ3) is 10.9. The molecule has 0 aliphatic carbocycles. The van der Waals surface area contributed by atoms with Crippen LogP contribution in [0.1, 0.15) is 60.3 Å². The number of hydrogen-bond donors (Lipinski definition) is 3. The smallest absolute Gasteiger partial charge is 0.0684 e. The largest absolute Gasteiger partial charge is 0.392 e. The molecule has 3 N–H and O–H groups in total. The van der Waals surface area contributed by atoms with E-state index in [9.17, 15) is 5.11 Å². The summed E-state index contributed by atoms with van der Waals surface area (Å²) in [5.41, 5.74) is 0. The molecule has 0 saturated carbocycles. The Bertz CT molecular complexity index is 263. The molecule has 4 unspecified atom stereocenters. The van der Waals surface area contributed by atoms with Crippen LogP contribution in [-0.4, -0.2) is 35.4 Å². The molecule has 112 valence electrons. The lowest BCUT2D eigenvalue weighted by Crippen LogP contribution is -2.38. The van der Waals surface area contributed by atoms with Crippen LogP contribution in [0.4, 0.5) is 0 Å². The summed E-state index contributed by atoms with van der Waals surface area (Å²) in [5.74, 6) is 0. The topological polar surface area (TPSA) is 68.1 Å². The van der Waals surface area contributed by atoms with E-state index in [4.69, 9.17) is 5.26 Å². The van der Waals surface area contributed by atoms with Crippen LogP contribution in [0.3, 0.4) is 0 Å². The normalized spacial score (nSPS) is 17.8. The van der Waals surface area contributed by atoms with E-state index < -0.39 is 6.10 Å². The van der Waals surface area contributed by atoms with Gasteiger partial charge in [-0.25, -0.2) is 0 Å². The molecule has 4 atom stereocenters. The van der Waals surface area contributed by atoms with Crippen LogP contribution < -0.4 is 10.6 Å². The van der Waals surface area contributed by atoms with Crippen molar-refractivity contribution in [3.63, 3.8) is 0 Å². The van der Waals surface area contributed by atoms with E-state index >= 15 is 0 Å². The average molecular weight is 269 g/mol. The van der Waals surface area contributed by atoms with Crippen molar-refractivity contribution in [2.24, 2.45) is 0 Å². The van der Waals surface area contributed by atoms with E-state index in [1.165, 1.54) is 0 Å². The Balaban J connectivity index is 3.78. The van der Waals surface area contributed by atoms with Crippen molar-refractivity contribution in [2.75, 3.05) is 0 Å². The molecule has 19 heavy (non-hydrogen) atoms. The SMILES string of the molecule is CC(C)NC(C)CCC(C)NC(C)CC(O)CC#N.